The fourth-order valence-corrected chi connectivity index (χ4v) is 4.05. The van der Waals surface area contributed by atoms with Crippen LogP contribution in [0.4, 0.5) is 0 Å². The quantitative estimate of drug-likeness (QED) is 0.258. The van der Waals surface area contributed by atoms with Gasteiger partial charge in [-0.15, -0.1) is 0 Å². The van der Waals surface area contributed by atoms with Crippen molar-refractivity contribution in [2.45, 2.75) is 13.8 Å². The summed E-state index contributed by atoms with van der Waals surface area (Å²) in [6.45, 7) is 9.71. The molecule has 3 N–H and O–H groups in total. The molecule has 0 aliphatic carbocycles. The first-order valence-corrected chi connectivity index (χ1v) is 11.7. The number of nitrogens with one attached hydrogen (secondary N) is 3. The lowest BCUT2D eigenvalue weighted by molar-refractivity contribution is 0.785. The van der Waals surface area contributed by atoms with Gasteiger partial charge in [0.05, 0.1) is 27.9 Å². The highest BCUT2D eigenvalue weighted by atomic mass is 15.1. The predicted molar refractivity (Wildman–Crippen MR) is 143 cm³/mol. The smallest absolute Gasteiger partial charge is 0.161 e. The average molecular weight is 462 g/mol. The number of pyridine rings is 2. The molecule has 174 valence electrons. The number of aromatic amines is 2. The molecule has 0 aliphatic heterocycles. The fraction of sp³-hybridized carbons (Fsp3) is 0.143. The third kappa shape index (κ3) is 4.41. The second-order valence-electron chi connectivity index (χ2n) is 8.11. The minimum absolute atomic E-state index is 0.663. The van der Waals surface area contributed by atoms with Crippen molar-refractivity contribution >= 4 is 27.6 Å². The zero-order valence-corrected chi connectivity index (χ0v) is 19.8. The van der Waals surface area contributed by atoms with E-state index in [0.717, 1.165) is 63.3 Å². The topological polar surface area (TPSA) is 95.2 Å². The lowest BCUT2D eigenvalue weighted by atomic mass is 10.1. The molecule has 0 fully saturated rings. The minimum atomic E-state index is 0.663. The maximum absolute atomic E-state index is 4.97. The van der Waals surface area contributed by atoms with E-state index in [1.54, 1.807) is 6.20 Å². The summed E-state index contributed by atoms with van der Waals surface area (Å²) in [6.07, 6.45) is 7.84. The molecule has 0 radical (unpaired) electrons. The van der Waals surface area contributed by atoms with Crippen LogP contribution in [0.3, 0.4) is 0 Å². The molecule has 0 atom stereocenters. The number of rotatable bonds is 8. The number of fused-ring (bicyclic) bond motifs is 2. The second-order valence-corrected chi connectivity index (χ2v) is 8.11. The molecule has 1 aromatic carbocycles. The molecule has 0 bridgehead atoms. The number of imidazole rings is 1. The molecular formula is C28H27N7. The number of hydrogen-bond acceptors (Lipinski definition) is 5. The molecule has 0 unspecified atom stereocenters. The Morgan fingerprint density at radius 1 is 1.03 bits per heavy atom. The van der Waals surface area contributed by atoms with Gasteiger partial charge >= 0.3 is 0 Å². The molecule has 0 spiro atoms. The maximum atomic E-state index is 4.97. The van der Waals surface area contributed by atoms with Gasteiger partial charge in [-0.05, 0) is 61.0 Å². The van der Waals surface area contributed by atoms with Crippen LogP contribution in [0.2, 0.25) is 0 Å². The number of allylic oxidation sites excluding steroid dienone is 3. The summed E-state index contributed by atoms with van der Waals surface area (Å²) < 4.78 is 0. The van der Waals surface area contributed by atoms with Crippen molar-refractivity contribution in [1.82, 2.24) is 35.5 Å². The summed E-state index contributed by atoms with van der Waals surface area (Å²) in [5.74, 6) is 0.663. The molecule has 0 aliphatic rings. The van der Waals surface area contributed by atoms with E-state index in [1.807, 2.05) is 61.5 Å². The van der Waals surface area contributed by atoms with Gasteiger partial charge in [-0.2, -0.15) is 5.10 Å². The van der Waals surface area contributed by atoms with E-state index in [1.165, 1.54) is 0 Å². The summed E-state index contributed by atoms with van der Waals surface area (Å²) in [6, 6.07) is 15.9. The number of benzene rings is 1. The number of likely N-dealkylation sites (N-methyl/N-ethyl adjacent to an activating group) is 1. The molecule has 4 heterocycles. The van der Waals surface area contributed by atoms with Crippen LogP contribution in [0.5, 0.6) is 0 Å². The molecule has 0 saturated carbocycles. The van der Waals surface area contributed by atoms with E-state index >= 15 is 0 Å². The lowest BCUT2D eigenvalue weighted by Gasteiger charge is -2.06. The largest absolute Gasteiger partial charge is 0.336 e. The second kappa shape index (κ2) is 9.87. The first-order valence-electron chi connectivity index (χ1n) is 11.7. The van der Waals surface area contributed by atoms with Crippen molar-refractivity contribution in [3.05, 3.63) is 90.8 Å². The Balaban J connectivity index is 1.58. The Morgan fingerprint density at radius 2 is 1.94 bits per heavy atom. The van der Waals surface area contributed by atoms with Crippen molar-refractivity contribution in [2.24, 2.45) is 0 Å². The van der Waals surface area contributed by atoms with Crippen molar-refractivity contribution in [1.29, 1.82) is 0 Å². The van der Waals surface area contributed by atoms with E-state index < -0.39 is 0 Å². The summed E-state index contributed by atoms with van der Waals surface area (Å²) in [7, 11) is 0. The number of nitrogens with zero attached hydrogens (tertiary/aromatic N) is 4. The van der Waals surface area contributed by atoms with Crippen LogP contribution in [0.1, 0.15) is 19.5 Å². The molecule has 7 nitrogen and oxygen atoms in total. The Kier molecular flexibility index (Phi) is 6.32. The molecule has 7 heteroatoms. The Morgan fingerprint density at radius 3 is 2.71 bits per heavy atom. The van der Waals surface area contributed by atoms with E-state index in [-0.39, 0.29) is 0 Å². The fourth-order valence-electron chi connectivity index (χ4n) is 4.05. The molecule has 0 amide bonds. The van der Waals surface area contributed by atoms with Crippen LogP contribution in [-0.2, 0) is 0 Å². The highest BCUT2D eigenvalue weighted by molar-refractivity contribution is 5.95. The van der Waals surface area contributed by atoms with Crippen LogP contribution in [0.15, 0.2) is 85.1 Å². The van der Waals surface area contributed by atoms with E-state index in [9.17, 15) is 0 Å². The molecule has 5 aromatic rings. The normalized spacial score (nSPS) is 12.5. The van der Waals surface area contributed by atoms with Crippen molar-refractivity contribution in [3.63, 3.8) is 0 Å². The number of para-hydroxylation sites is 1. The third-order valence-electron chi connectivity index (χ3n) is 5.87. The average Bonchev–Trinajstić information content (AvgIpc) is 3.53. The number of hydrogen-bond donors (Lipinski definition) is 3. The van der Waals surface area contributed by atoms with Gasteiger partial charge in [0.2, 0.25) is 0 Å². The molecule has 35 heavy (non-hydrogen) atoms. The maximum Gasteiger partial charge on any atom is 0.161 e. The lowest BCUT2D eigenvalue weighted by Crippen LogP contribution is -2.15. The zero-order chi connectivity index (χ0) is 24.2. The van der Waals surface area contributed by atoms with Crippen molar-refractivity contribution in [3.8, 4) is 22.8 Å². The number of aromatic nitrogens is 6. The highest BCUT2D eigenvalue weighted by Crippen LogP contribution is 2.30. The third-order valence-corrected chi connectivity index (χ3v) is 5.87. The van der Waals surface area contributed by atoms with Gasteiger partial charge in [-0.1, -0.05) is 43.9 Å². The Bertz CT molecular complexity index is 1550. The monoisotopic (exact) mass is 461 g/mol. The zero-order valence-electron chi connectivity index (χ0n) is 19.8. The molecule has 0 saturated heterocycles. The molecular weight excluding hydrogens is 434 g/mol. The van der Waals surface area contributed by atoms with Crippen LogP contribution < -0.4 is 5.32 Å². The standard InChI is InChI=1S/C28H27N7/c1-4-18(17-29-6-3)16-19(5-2)21-13-14-24-26(31-21)27(35-34-24)28-32-23-12-9-10-20(25(23)33-28)22-11-7-8-15-30-22/h4-5,7-16,29H,1,6,17H2,2-3H3,(H,32,33)(H,34,35)/b18-16+,19-5+. The van der Waals surface area contributed by atoms with Gasteiger partial charge in [-0.3, -0.25) is 10.1 Å². The van der Waals surface area contributed by atoms with Gasteiger partial charge in [-0.25, -0.2) is 9.97 Å². The SMILES string of the molecule is C=C/C(=C\C(=C/C)c1ccc2[nH]nc(-c3nc4c(-c5ccccn5)cccc4[nH]3)c2n1)CNCC. The predicted octanol–water partition coefficient (Wildman–Crippen LogP) is 5.69. The van der Waals surface area contributed by atoms with Gasteiger partial charge in [0.1, 0.15) is 5.52 Å². The first kappa shape index (κ1) is 22.4. The Hall–Kier alpha value is -4.36. The van der Waals surface area contributed by atoms with Gasteiger partial charge in [0, 0.05) is 18.3 Å². The molecule has 4 aromatic heterocycles. The van der Waals surface area contributed by atoms with Crippen LogP contribution >= 0.6 is 0 Å². The summed E-state index contributed by atoms with van der Waals surface area (Å²) >= 11 is 0. The highest BCUT2D eigenvalue weighted by Gasteiger charge is 2.17. The van der Waals surface area contributed by atoms with Gasteiger partial charge < -0.3 is 10.3 Å². The summed E-state index contributed by atoms with van der Waals surface area (Å²) in [4.78, 5) is 17.8. The van der Waals surface area contributed by atoms with E-state index in [2.05, 4.69) is 51.1 Å². The minimum Gasteiger partial charge on any atom is -0.336 e. The summed E-state index contributed by atoms with van der Waals surface area (Å²) in [5.41, 5.74) is 8.91. The van der Waals surface area contributed by atoms with Crippen LogP contribution in [0.25, 0.3) is 50.4 Å². The molecule has 5 rings (SSSR count). The Labute approximate surface area is 203 Å². The van der Waals surface area contributed by atoms with E-state index in [4.69, 9.17) is 9.97 Å². The van der Waals surface area contributed by atoms with Crippen LogP contribution in [-0.4, -0.2) is 43.2 Å². The van der Waals surface area contributed by atoms with E-state index in [0.29, 0.717) is 11.5 Å². The van der Waals surface area contributed by atoms with Gasteiger partial charge in [0.15, 0.2) is 11.5 Å². The van der Waals surface area contributed by atoms with Gasteiger partial charge in [0.25, 0.3) is 0 Å². The summed E-state index contributed by atoms with van der Waals surface area (Å²) in [5, 5.41) is 11.0. The van der Waals surface area contributed by atoms with Crippen LogP contribution in [0, 0.1) is 0 Å². The van der Waals surface area contributed by atoms with Crippen molar-refractivity contribution in [2.75, 3.05) is 13.1 Å². The van der Waals surface area contributed by atoms with Crippen molar-refractivity contribution < 1.29 is 0 Å². The first-order chi connectivity index (χ1) is 17.2. The number of H-pyrrole nitrogens is 2.